The fourth-order valence-electron chi connectivity index (χ4n) is 3.13. The van der Waals surface area contributed by atoms with Crippen LogP contribution in [0.3, 0.4) is 0 Å². The van der Waals surface area contributed by atoms with Gasteiger partial charge >= 0.3 is 6.09 Å². The number of primary amides is 1. The molecular formula is C22H17BrF4N2O4. The highest BCUT2D eigenvalue weighted by atomic mass is 79.9. The number of aromatic nitrogens is 1. The van der Waals surface area contributed by atoms with Gasteiger partial charge in [-0.1, -0.05) is 0 Å². The summed E-state index contributed by atoms with van der Waals surface area (Å²) < 4.78 is 67.4. The Balaban J connectivity index is 1.98. The number of ether oxygens (including phenoxy) is 2. The van der Waals surface area contributed by atoms with E-state index in [4.69, 9.17) is 15.2 Å². The van der Waals surface area contributed by atoms with Gasteiger partial charge in [-0.15, -0.1) is 0 Å². The van der Waals surface area contributed by atoms with Crippen LogP contribution >= 0.6 is 15.9 Å². The Morgan fingerprint density at radius 3 is 2.30 bits per heavy atom. The number of aryl methyl sites for hydroxylation is 1. The molecule has 0 radical (unpaired) electrons. The van der Waals surface area contributed by atoms with Gasteiger partial charge in [0.05, 0.1) is 0 Å². The van der Waals surface area contributed by atoms with Gasteiger partial charge in [0.2, 0.25) is 0 Å². The Morgan fingerprint density at radius 1 is 1.09 bits per heavy atom. The van der Waals surface area contributed by atoms with Crippen molar-refractivity contribution in [2.75, 3.05) is 0 Å². The normalized spacial score (nSPS) is 11.8. The van der Waals surface area contributed by atoms with Gasteiger partial charge in [-0.05, 0) is 59.6 Å². The predicted octanol–water partition coefficient (Wildman–Crippen LogP) is 5.20. The molecule has 6 nitrogen and oxygen atoms in total. The number of rotatable bonds is 6. The summed E-state index contributed by atoms with van der Waals surface area (Å²) >= 11 is 3.05. The fraction of sp³-hybridized carbons (Fsp3) is 0.182. The summed E-state index contributed by atoms with van der Waals surface area (Å²) in [6.45, 7) is 2.48. The number of hydrogen-bond donors (Lipinski definition) is 1. The number of amides is 1. The lowest BCUT2D eigenvalue weighted by atomic mass is 10.1. The number of hydrogen-bond acceptors (Lipinski definition) is 4. The van der Waals surface area contributed by atoms with E-state index in [1.807, 2.05) is 0 Å². The molecule has 1 atom stereocenters. The van der Waals surface area contributed by atoms with Crippen molar-refractivity contribution in [2.45, 2.75) is 26.6 Å². The molecule has 0 aliphatic carbocycles. The van der Waals surface area contributed by atoms with Gasteiger partial charge in [0, 0.05) is 23.4 Å². The van der Waals surface area contributed by atoms with Gasteiger partial charge in [-0.2, -0.15) is 0 Å². The van der Waals surface area contributed by atoms with Gasteiger partial charge in [-0.25, -0.2) is 22.4 Å². The largest absolute Gasteiger partial charge is 0.487 e. The van der Waals surface area contributed by atoms with Crippen LogP contribution in [0.25, 0.3) is 5.69 Å². The van der Waals surface area contributed by atoms with E-state index >= 15 is 0 Å². The average molecular weight is 529 g/mol. The number of nitrogens with two attached hydrogens (primary N) is 1. The van der Waals surface area contributed by atoms with Crippen molar-refractivity contribution in [1.29, 1.82) is 0 Å². The van der Waals surface area contributed by atoms with Crippen molar-refractivity contribution in [3.05, 3.63) is 91.3 Å². The van der Waals surface area contributed by atoms with Crippen LogP contribution in [0.5, 0.6) is 5.75 Å². The van der Waals surface area contributed by atoms with E-state index in [9.17, 15) is 27.2 Å². The molecule has 33 heavy (non-hydrogen) atoms. The Hall–Kier alpha value is -3.34. The van der Waals surface area contributed by atoms with Crippen LogP contribution in [0.2, 0.25) is 0 Å². The summed E-state index contributed by atoms with van der Waals surface area (Å²) in [5, 5.41) is 0. The van der Waals surface area contributed by atoms with Gasteiger partial charge in [0.25, 0.3) is 5.56 Å². The number of nitrogens with zero attached hydrogens (tertiary/aromatic N) is 1. The highest BCUT2D eigenvalue weighted by Gasteiger charge is 2.22. The van der Waals surface area contributed by atoms with Crippen LogP contribution in [0, 0.1) is 30.2 Å². The first-order valence-electron chi connectivity index (χ1n) is 9.43. The van der Waals surface area contributed by atoms with Crippen LogP contribution in [0.4, 0.5) is 22.4 Å². The average Bonchev–Trinajstić information content (AvgIpc) is 2.72. The second-order valence-electron chi connectivity index (χ2n) is 7.04. The molecule has 0 aliphatic heterocycles. The second kappa shape index (κ2) is 9.65. The molecule has 1 unspecified atom stereocenters. The topological polar surface area (TPSA) is 83.6 Å². The van der Waals surface area contributed by atoms with Crippen LogP contribution in [-0.4, -0.2) is 10.7 Å². The predicted molar refractivity (Wildman–Crippen MR) is 114 cm³/mol. The molecule has 0 saturated carbocycles. The minimum atomic E-state index is -1.11. The molecule has 3 rings (SSSR count). The van der Waals surface area contributed by atoms with Gasteiger partial charge < -0.3 is 15.2 Å². The SMILES string of the molecule is Cc1cc(OCc2ccc(F)cc2F)c(Br)c(=O)n1-c1c(F)cc(C(C)OC(N)=O)cc1F. The first-order chi connectivity index (χ1) is 15.5. The van der Waals surface area contributed by atoms with Crippen LogP contribution in [-0.2, 0) is 11.3 Å². The van der Waals surface area contributed by atoms with E-state index in [0.29, 0.717) is 6.07 Å². The van der Waals surface area contributed by atoms with Gasteiger partial charge in [-0.3, -0.25) is 9.36 Å². The summed E-state index contributed by atoms with van der Waals surface area (Å²) in [5.74, 6) is -3.73. The third-order valence-corrected chi connectivity index (χ3v) is 5.45. The number of benzene rings is 2. The molecule has 2 aromatic carbocycles. The Morgan fingerprint density at radius 2 is 1.73 bits per heavy atom. The summed E-state index contributed by atoms with van der Waals surface area (Å²) in [4.78, 5) is 23.8. The molecule has 174 valence electrons. The maximum atomic E-state index is 14.8. The fourth-order valence-corrected chi connectivity index (χ4v) is 3.54. The number of carbonyl (C=O) groups excluding carboxylic acids is 1. The summed E-state index contributed by atoms with van der Waals surface area (Å²) in [7, 11) is 0. The molecule has 1 amide bonds. The molecule has 0 spiro atoms. The summed E-state index contributed by atoms with van der Waals surface area (Å²) in [6.07, 6.45) is -2.13. The van der Waals surface area contributed by atoms with Crippen molar-refractivity contribution in [3.63, 3.8) is 0 Å². The Bertz CT molecular complexity index is 1270. The molecule has 2 N–H and O–H groups in total. The van der Waals surface area contributed by atoms with E-state index in [-0.39, 0.29) is 33.6 Å². The quantitative estimate of drug-likeness (QED) is 0.445. The lowest BCUT2D eigenvalue weighted by Crippen LogP contribution is -2.24. The van der Waals surface area contributed by atoms with Crippen molar-refractivity contribution in [3.8, 4) is 11.4 Å². The maximum Gasteiger partial charge on any atom is 0.405 e. The van der Waals surface area contributed by atoms with E-state index in [2.05, 4.69) is 15.9 Å². The summed E-state index contributed by atoms with van der Waals surface area (Å²) in [5.41, 5.74) is 3.60. The highest BCUT2D eigenvalue weighted by Crippen LogP contribution is 2.29. The highest BCUT2D eigenvalue weighted by molar-refractivity contribution is 9.10. The van der Waals surface area contributed by atoms with Gasteiger partial charge in [0.1, 0.15) is 40.3 Å². The van der Waals surface area contributed by atoms with Crippen molar-refractivity contribution >= 4 is 22.0 Å². The number of carbonyl (C=O) groups is 1. The lowest BCUT2D eigenvalue weighted by Gasteiger charge is -2.18. The second-order valence-corrected chi connectivity index (χ2v) is 7.83. The molecule has 1 heterocycles. The molecule has 0 saturated heterocycles. The minimum absolute atomic E-state index is 0.00130. The minimum Gasteiger partial charge on any atom is -0.487 e. The molecule has 1 aromatic heterocycles. The summed E-state index contributed by atoms with van der Waals surface area (Å²) in [6, 6.07) is 6.13. The molecule has 0 fully saturated rings. The number of pyridine rings is 1. The zero-order valence-electron chi connectivity index (χ0n) is 17.3. The molecule has 0 bridgehead atoms. The van der Waals surface area contributed by atoms with E-state index in [0.717, 1.165) is 22.8 Å². The van der Waals surface area contributed by atoms with Crippen LogP contribution < -0.4 is 16.0 Å². The first-order valence-corrected chi connectivity index (χ1v) is 10.2. The smallest absolute Gasteiger partial charge is 0.405 e. The van der Waals surface area contributed by atoms with Crippen molar-refractivity contribution in [2.24, 2.45) is 5.73 Å². The zero-order chi connectivity index (χ0) is 24.4. The Labute approximate surface area is 193 Å². The van der Waals surface area contributed by atoms with E-state index < -0.39 is 46.7 Å². The zero-order valence-corrected chi connectivity index (χ0v) is 18.9. The van der Waals surface area contributed by atoms with Crippen LogP contribution in [0.15, 0.2) is 45.7 Å². The third kappa shape index (κ3) is 5.19. The number of halogens is 5. The first kappa shape index (κ1) is 24.3. The van der Waals surface area contributed by atoms with Crippen molar-refractivity contribution < 1.29 is 31.8 Å². The molecular weight excluding hydrogens is 512 g/mol. The third-order valence-electron chi connectivity index (χ3n) is 4.72. The molecule has 0 aliphatic rings. The van der Waals surface area contributed by atoms with Crippen molar-refractivity contribution in [1.82, 2.24) is 4.57 Å². The molecule has 3 aromatic rings. The monoisotopic (exact) mass is 528 g/mol. The standard InChI is InChI=1S/C22H17BrF4N2O4/c1-10-5-18(32-9-12-3-4-14(24)8-15(12)25)19(23)21(30)29(10)20-16(26)6-13(7-17(20)27)11(2)33-22(28)31/h3-8,11H,9H2,1-2H3,(H2,28,31). The van der Waals surface area contributed by atoms with Gasteiger partial charge in [0.15, 0.2) is 11.6 Å². The van der Waals surface area contributed by atoms with E-state index in [1.54, 1.807) is 0 Å². The van der Waals surface area contributed by atoms with E-state index in [1.165, 1.54) is 26.0 Å². The lowest BCUT2D eigenvalue weighted by molar-refractivity contribution is 0.116. The van der Waals surface area contributed by atoms with Crippen LogP contribution in [0.1, 0.15) is 29.8 Å². The Kier molecular flexibility index (Phi) is 7.11. The maximum absolute atomic E-state index is 14.8. The molecule has 11 heteroatoms.